The van der Waals surface area contributed by atoms with Gasteiger partial charge >= 0.3 is 5.97 Å². The maximum atomic E-state index is 12.2. The number of benzene rings is 1. The topological polar surface area (TPSA) is 107 Å². The Kier molecular flexibility index (Phi) is 3.41. The smallest absolute Gasteiger partial charge is 0.335 e. The Hall–Kier alpha value is -2.67. The number of carboxylic acids is 1. The number of aromatic carboxylic acids is 1. The molecular weight excluding hydrogens is 272 g/mol. The normalized spacial score (nSPS) is 17.0. The molecule has 0 saturated carbocycles. The van der Waals surface area contributed by atoms with Crippen LogP contribution in [-0.4, -0.2) is 33.0 Å². The monoisotopic (exact) mass is 286 g/mol. The summed E-state index contributed by atoms with van der Waals surface area (Å²) in [6.45, 7) is 0.558. The molecule has 21 heavy (non-hydrogen) atoms. The summed E-state index contributed by atoms with van der Waals surface area (Å²) in [7, 11) is 0. The van der Waals surface area contributed by atoms with E-state index in [4.69, 9.17) is 5.11 Å². The number of hydrogen-bond donors (Lipinski definition) is 4. The summed E-state index contributed by atoms with van der Waals surface area (Å²) in [5.41, 5.74) is 2.48. The molecule has 1 aliphatic heterocycles. The van der Waals surface area contributed by atoms with Crippen LogP contribution in [0.25, 0.3) is 0 Å². The zero-order valence-corrected chi connectivity index (χ0v) is 11.1. The predicted octanol–water partition coefficient (Wildman–Crippen LogP) is 0.761. The molecule has 1 amide bonds. The molecule has 0 saturated heterocycles. The van der Waals surface area contributed by atoms with Crippen LogP contribution in [-0.2, 0) is 17.8 Å². The lowest BCUT2D eigenvalue weighted by atomic mass is 10.0. The Labute approximate surface area is 120 Å². The number of nitrogens with zero attached hydrogens (tertiary/aromatic N) is 1. The molecule has 1 atom stereocenters. The zero-order valence-electron chi connectivity index (χ0n) is 11.1. The second-order valence-electron chi connectivity index (χ2n) is 4.84. The summed E-state index contributed by atoms with van der Waals surface area (Å²) in [6.07, 6.45) is 2.12. The molecule has 1 unspecified atom stereocenters. The number of aromatic nitrogens is 2. The van der Waals surface area contributed by atoms with Gasteiger partial charge in [-0.15, -0.1) is 0 Å². The zero-order chi connectivity index (χ0) is 14.8. The number of anilines is 1. The molecular formula is C14H14N4O3. The third kappa shape index (κ3) is 2.77. The molecule has 7 heteroatoms. The number of carbonyl (C=O) groups excluding carboxylic acids is 1. The van der Waals surface area contributed by atoms with Crippen LogP contribution in [0.1, 0.15) is 21.7 Å². The van der Waals surface area contributed by atoms with Gasteiger partial charge in [-0.3, -0.25) is 10.1 Å². The van der Waals surface area contributed by atoms with Gasteiger partial charge in [0.1, 0.15) is 0 Å². The molecule has 4 N–H and O–H groups in total. The lowest BCUT2D eigenvalue weighted by Crippen LogP contribution is -2.44. The van der Waals surface area contributed by atoms with Gasteiger partial charge in [0.15, 0.2) is 0 Å². The van der Waals surface area contributed by atoms with Crippen molar-refractivity contribution in [3.8, 4) is 0 Å². The van der Waals surface area contributed by atoms with Crippen LogP contribution in [0.15, 0.2) is 30.6 Å². The molecule has 1 aromatic heterocycles. The van der Waals surface area contributed by atoms with Crippen molar-refractivity contribution in [2.24, 2.45) is 0 Å². The van der Waals surface area contributed by atoms with Gasteiger partial charge in [-0.05, 0) is 18.2 Å². The Morgan fingerprint density at radius 3 is 3.05 bits per heavy atom. The largest absolute Gasteiger partial charge is 0.478 e. The Balaban J connectivity index is 1.70. The van der Waals surface area contributed by atoms with E-state index in [9.17, 15) is 9.59 Å². The van der Waals surface area contributed by atoms with Gasteiger partial charge in [0.2, 0.25) is 5.91 Å². The highest BCUT2D eigenvalue weighted by Crippen LogP contribution is 2.15. The molecule has 1 aliphatic rings. The van der Waals surface area contributed by atoms with Crippen molar-refractivity contribution in [3.05, 3.63) is 47.5 Å². The number of amides is 1. The lowest BCUT2D eigenvalue weighted by molar-refractivity contribution is -0.118. The van der Waals surface area contributed by atoms with Crippen LogP contribution in [0.3, 0.4) is 0 Å². The highest BCUT2D eigenvalue weighted by atomic mass is 16.4. The third-order valence-corrected chi connectivity index (χ3v) is 3.42. The van der Waals surface area contributed by atoms with Crippen molar-refractivity contribution in [1.82, 2.24) is 15.3 Å². The highest BCUT2D eigenvalue weighted by molar-refractivity contribution is 5.96. The molecule has 3 rings (SSSR count). The van der Waals surface area contributed by atoms with Gasteiger partial charge in [0.05, 0.1) is 29.3 Å². The SMILES string of the molecule is O=C(O)c1cccc(NC(=O)C2Cc3nc[nH]c3CN2)c1. The predicted molar refractivity (Wildman–Crippen MR) is 75.0 cm³/mol. The van der Waals surface area contributed by atoms with Crippen LogP contribution >= 0.6 is 0 Å². The van der Waals surface area contributed by atoms with E-state index in [1.165, 1.54) is 12.1 Å². The van der Waals surface area contributed by atoms with Crippen LogP contribution in [0.5, 0.6) is 0 Å². The van der Waals surface area contributed by atoms with Crippen LogP contribution in [0.4, 0.5) is 5.69 Å². The van der Waals surface area contributed by atoms with Crippen molar-refractivity contribution >= 4 is 17.6 Å². The lowest BCUT2D eigenvalue weighted by Gasteiger charge is -2.22. The molecule has 1 aromatic carbocycles. The first-order valence-electron chi connectivity index (χ1n) is 6.52. The highest BCUT2D eigenvalue weighted by Gasteiger charge is 2.25. The minimum Gasteiger partial charge on any atom is -0.478 e. The van der Waals surface area contributed by atoms with Crippen molar-refractivity contribution in [3.63, 3.8) is 0 Å². The number of H-pyrrole nitrogens is 1. The fourth-order valence-electron chi connectivity index (χ4n) is 2.31. The first-order chi connectivity index (χ1) is 10.1. The number of aromatic amines is 1. The molecule has 108 valence electrons. The quantitative estimate of drug-likeness (QED) is 0.666. The minimum absolute atomic E-state index is 0.138. The standard InChI is InChI=1S/C14H14N4O3/c19-13(11-5-10-12(6-15-11)17-7-16-10)18-9-3-1-2-8(4-9)14(20)21/h1-4,7,11,15H,5-6H2,(H,16,17)(H,18,19)(H,20,21). The number of hydrogen-bond acceptors (Lipinski definition) is 4. The number of rotatable bonds is 3. The number of carbonyl (C=O) groups is 2. The van der Waals surface area contributed by atoms with E-state index in [0.717, 1.165) is 11.4 Å². The summed E-state index contributed by atoms with van der Waals surface area (Å²) in [6, 6.07) is 5.79. The first kappa shape index (κ1) is 13.3. The van der Waals surface area contributed by atoms with Crippen molar-refractivity contribution in [2.75, 3.05) is 5.32 Å². The molecule has 0 spiro atoms. The summed E-state index contributed by atoms with van der Waals surface area (Å²) in [4.78, 5) is 30.3. The molecule has 0 aliphatic carbocycles. The van der Waals surface area contributed by atoms with E-state index >= 15 is 0 Å². The van der Waals surface area contributed by atoms with Gasteiger partial charge in [0.25, 0.3) is 0 Å². The summed E-state index contributed by atoms with van der Waals surface area (Å²) >= 11 is 0. The molecule has 2 heterocycles. The number of fused-ring (bicyclic) bond motifs is 1. The molecule has 0 fully saturated rings. The van der Waals surface area contributed by atoms with Gasteiger partial charge in [-0.2, -0.15) is 0 Å². The summed E-state index contributed by atoms with van der Waals surface area (Å²) < 4.78 is 0. The van der Waals surface area contributed by atoms with Gasteiger partial charge in [-0.25, -0.2) is 9.78 Å². The number of carboxylic acid groups (broad SMARTS) is 1. The van der Waals surface area contributed by atoms with Crippen molar-refractivity contribution in [1.29, 1.82) is 0 Å². The van der Waals surface area contributed by atoms with Crippen molar-refractivity contribution in [2.45, 2.75) is 19.0 Å². The van der Waals surface area contributed by atoms with Crippen LogP contribution < -0.4 is 10.6 Å². The summed E-state index contributed by atoms with van der Waals surface area (Å²) in [5, 5.41) is 14.8. The second kappa shape index (κ2) is 5.37. The fourth-order valence-corrected chi connectivity index (χ4v) is 2.31. The van der Waals surface area contributed by atoms with E-state index < -0.39 is 5.97 Å². The fraction of sp³-hybridized carbons (Fsp3) is 0.214. The average molecular weight is 286 g/mol. The maximum Gasteiger partial charge on any atom is 0.335 e. The van der Waals surface area contributed by atoms with Crippen molar-refractivity contribution < 1.29 is 14.7 Å². The Bertz CT molecular complexity index is 695. The van der Waals surface area contributed by atoms with E-state index in [2.05, 4.69) is 20.6 Å². The Morgan fingerprint density at radius 2 is 2.24 bits per heavy atom. The van der Waals surface area contributed by atoms with E-state index in [1.54, 1.807) is 18.5 Å². The Morgan fingerprint density at radius 1 is 1.38 bits per heavy atom. The van der Waals surface area contributed by atoms with Crippen LogP contribution in [0.2, 0.25) is 0 Å². The molecule has 0 bridgehead atoms. The van der Waals surface area contributed by atoms with Crippen LogP contribution in [0, 0.1) is 0 Å². The molecule has 2 aromatic rings. The van der Waals surface area contributed by atoms with E-state index in [1.807, 2.05) is 0 Å². The minimum atomic E-state index is -1.02. The average Bonchev–Trinajstić information content (AvgIpc) is 2.94. The number of imidazole rings is 1. The molecule has 7 nitrogen and oxygen atoms in total. The van der Waals surface area contributed by atoms with E-state index in [-0.39, 0.29) is 17.5 Å². The maximum absolute atomic E-state index is 12.2. The van der Waals surface area contributed by atoms with Gasteiger partial charge < -0.3 is 15.4 Å². The van der Waals surface area contributed by atoms with E-state index in [0.29, 0.717) is 18.7 Å². The third-order valence-electron chi connectivity index (χ3n) is 3.42. The van der Waals surface area contributed by atoms with Gasteiger partial charge in [0, 0.05) is 18.7 Å². The second-order valence-corrected chi connectivity index (χ2v) is 4.84. The molecule has 0 radical (unpaired) electrons. The first-order valence-corrected chi connectivity index (χ1v) is 6.52. The number of nitrogens with one attached hydrogen (secondary N) is 3. The summed E-state index contributed by atoms with van der Waals surface area (Å²) in [5.74, 6) is -1.23. The van der Waals surface area contributed by atoms with Gasteiger partial charge in [-0.1, -0.05) is 6.07 Å².